The lowest BCUT2D eigenvalue weighted by atomic mass is 9.90. The number of likely N-dealkylation sites (tertiary alicyclic amines) is 1. The van der Waals surface area contributed by atoms with Crippen LogP contribution in [0.5, 0.6) is 0 Å². The van der Waals surface area contributed by atoms with Gasteiger partial charge >= 0.3 is 0 Å². The number of benzene rings is 1. The minimum Gasteiger partial charge on any atom is -0.330 e. The summed E-state index contributed by atoms with van der Waals surface area (Å²) in [6.07, 6.45) is 2.31. The van der Waals surface area contributed by atoms with Crippen molar-refractivity contribution in [1.82, 2.24) is 4.90 Å². The zero-order valence-corrected chi connectivity index (χ0v) is 13.1. The lowest BCUT2D eigenvalue weighted by molar-refractivity contribution is -0.385. The van der Waals surface area contributed by atoms with Crippen molar-refractivity contribution in [2.75, 3.05) is 13.1 Å². The molecule has 3 unspecified atom stereocenters. The molecule has 1 saturated heterocycles. The maximum absolute atomic E-state index is 11.1. The van der Waals surface area contributed by atoms with Crippen LogP contribution in [-0.4, -0.2) is 29.0 Å². The molecule has 1 aliphatic rings. The third kappa shape index (κ3) is 3.41. The number of nitrogens with two attached hydrogens (primary N) is 1. The Balaban J connectivity index is 2.24. The maximum atomic E-state index is 11.1. The van der Waals surface area contributed by atoms with Gasteiger partial charge in [-0.25, -0.2) is 0 Å². The van der Waals surface area contributed by atoms with E-state index >= 15 is 0 Å². The highest BCUT2D eigenvalue weighted by Gasteiger charge is 2.29. The lowest BCUT2D eigenvalue weighted by Gasteiger charge is -2.41. The number of piperidine rings is 1. The van der Waals surface area contributed by atoms with E-state index in [9.17, 15) is 10.1 Å². The molecule has 2 N–H and O–H groups in total. The second-order valence-electron chi connectivity index (χ2n) is 6.20. The molecule has 3 atom stereocenters. The molecule has 1 fully saturated rings. The average Bonchev–Trinajstić information content (AvgIpc) is 2.47. The van der Waals surface area contributed by atoms with Crippen molar-refractivity contribution in [2.45, 2.75) is 45.7 Å². The summed E-state index contributed by atoms with van der Waals surface area (Å²) < 4.78 is 0. The second-order valence-corrected chi connectivity index (χ2v) is 6.20. The van der Waals surface area contributed by atoms with E-state index in [1.165, 1.54) is 6.42 Å². The first-order valence-electron chi connectivity index (χ1n) is 7.64. The standard InChI is InChI=1S/C16H25N3O2/c1-11-4-7-15(8-16(11)19(20)21)13(3)18-10-14(9-17)6-5-12(18)2/h4,7-8,12-14H,5-6,9-10,17H2,1-3H3. The zero-order valence-electron chi connectivity index (χ0n) is 13.1. The first-order valence-corrected chi connectivity index (χ1v) is 7.64. The predicted octanol–water partition coefficient (Wildman–Crippen LogP) is 3.02. The molecular formula is C16H25N3O2. The van der Waals surface area contributed by atoms with Crippen LogP contribution in [0.2, 0.25) is 0 Å². The predicted molar refractivity (Wildman–Crippen MR) is 84.2 cm³/mol. The smallest absolute Gasteiger partial charge is 0.272 e. The molecule has 1 aromatic rings. The molecule has 0 saturated carbocycles. The molecule has 0 amide bonds. The number of rotatable bonds is 4. The van der Waals surface area contributed by atoms with Crippen LogP contribution in [0.25, 0.3) is 0 Å². The fourth-order valence-electron chi connectivity index (χ4n) is 3.22. The second kappa shape index (κ2) is 6.54. The van der Waals surface area contributed by atoms with Gasteiger partial charge in [-0.15, -0.1) is 0 Å². The normalized spacial score (nSPS) is 24.8. The first kappa shape index (κ1) is 15.9. The van der Waals surface area contributed by atoms with Gasteiger partial charge in [0.25, 0.3) is 5.69 Å². The van der Waals surface area contributed by atoms with Gasteiger partial charge in [0.15, 0.2) is 0 Å². The Morgan fingerprint density at radius 3 is 2.81 bits per heavy atom. The maximum Gasteiger partial charge on any atom is 0.272 e. The van der Waals surface area contributed by atoms with Crippen molar-refractivity contribution >= 4 is 5.69 Å². The molecule has 0 radical (unpaired) electrons. The van der Waals surface area contributed by atoms with E-state index in [0.717, 1.165) is 18.5 Å². The van der Waals surface area contributed by atoms with Crippen LogP contribution in [-0.2, 0) is 0 Å². The number of nitro benzene ring substituents is 1. The third-order valence-electron chi connectivity index (χ3n) is 4.77. The topological polar surface area (TPSA) is 72.4 Å². The molecule has 5 heteroatoms. The molecule has 0 aromatic heterocycles. The Morgan fingerprint density at radius 1 is 1.48 bits per heavy atom. The van der Waals surface area contributed by atoms with Crippen LogP contribution < -0.4 is 5.73 Å². The van der Waals surface area contributed by atoms with Gasteiger partial charge in [0, 0.05) is 30.3 Å². The van der Waals surface area contributed by atoms with Crippen LogP contribution in [0.15, 0.2) is 18.2 Å². The van der Waals surface area contributed by atoms with Crippen LogP contribution in [0.1, 0.15) is 43.9 Å². The van der Waals surface area contributed by atoms with Crippen molar-refractivity contribution in [3.63, 3.8) is 0 Å². The van der Waals surface area contributed by atoms with Gasteiger partial charge in [-0.2, -0.15) is 0 Å². The third-order valence-corrected chi connectivity index (χ3v) is 4.77. The summed E-state index contributed by atoms with van der Waals surface area (Å²) >= 11 is 0. The first-order chi connectivity index (χ1) is 9.93. The summed E-state index contributed by atoms with van der Waals surface area (Å²) in [7, 11) is 0. The number of nitrogens with zero attached hydrogens (tertiary/aromatic N) is 2. The molecule has 2 rings (SSSR count). The highest BCUT2D eigenvalue weighted by Crippen LogP contribution is 2.32. The summed E-state index contributed by atoms with van der Waals surface area (Å²) in [4.78, 5) is 13.2. The van der Waals surface area contributed by atoms with Crippen molar-refractivity contribution < 1.29 is 4.92 Å². The van der Waals surface area contributed by atoms with Crippen molar-refractivity contribution in [2.24, 2.45) is 11.7 Å². The Bertz CT molecular complexity index is 518. The summed E-state index contributed by atoms with van der Waals surface area (Å²) in [5, 5.41) is 11.1. The molecule has 5 nitrogen and oxygen atoms in total. The number of nitro groups is 1. The highest BCUT2D eigenvalue weighted by atomic mass is 16.6. The quantitative estimate of drug-likeness (QED) is 0.683. The summed E-state index contributed by atoms with van der Waals surface area (Å²) in [6, 6.07) is 6.24. The van der Waals surface area contributed by atoms with E-state index in [-0.39, 0.29) is 16.7 Å². The molecule has 116 valence electrons. The largest absolute Gasteiger partial charge is 0.330 e. The Kier molecular flexibility index (Phi) is 4.96. The van der Waals surface area contributed by atoms with Crippen molar-refractivity contribution in [1.29, 1.82) is 0 Å². The molecule has 0 spiro atoms. The minimum atomic E-state index is -0.298. The molecule has 0 bridgehead atoms. The SMILES string of the molecule is Cc1ccc(C(C)N2CC(CN)CCC2C)cc1[N+](=O)[O-]. The van der Waals surface area contributed by atoms with Gasteiger partial charge in [0.05, 0.1) is 4.92 Å². The Morgan fingerprint density at radius 2 is 2.19 bits per heavy atom. The molecule has 1 heterocycles. The monoisotopic (exact) mass is 291 g/mol. The molecule has 21 heavy (non-hydrogen) atoms. The van der Waals surface area contributed by atoms with Crippen LogP contribution >= 0.6 is 0 Å². The Labute approximate surface area is 126 Å². The summed E-state index contributed by atoms with van der Waals surface area (Å²) in [6.45, 7) is 7.82. The van der Waals surface area contributed by atoms with Gasteiger partial charge in [-0.05, 0) is 51.6 Å². The summed E-state index contributed by atoms with van der Waals surface area (Å²) in [5.74, 6) is 0.532. The molecular weight excluding hydrogens is 266 g/mol. The van der Waals surface area contributed by atoms with Crippen molar-refractivity contribution in [3.8, 4) is 0 Å². The van der Waals surface area contributed by atoms with E-state index in [1.54, 1.807) is 13.0 Å². The van der Waals surface area contributed by atoms with Gasteiger partial charge in [-0.3, -0.25) is 15.0 Å². The average molecular weight is 291 g/mol. The van der Waals surface area contributed by atoms with Crippen molar-refractivity contribution in [3.05, 3.63) is 39.4 Å². The fourth-order valence-corrected chi connectivity index (χ4v) is 3.22. The minimum absolute atomic E-state index is 0.175. The fraction of sp³-hybridized carbons (Fsp3) is 0.625. The zero-order chi connectivity index (χ0) is 15.6. The summed E-state index contributed by atoms with van der Waals surface area (Å²) in [5.41, 5.74) is 7.75. The number of aryl methyl sites for hydroxylation is 1. The van der Waals surface area contributed by atoms with E-state index in [1.807, 2.05) is 12.1 Å². The van der Waals surface area contributed by atoms with Gasteiger partial charge < -0.3 is 5.73 Å². The van der Waals surface area contributed by atoms with Gasteiger partial charge in [-0.1, -0.05) is 12.1 Å². The number of hydrogen-bond acceptors (Lipinski definition) is 4. The lowest BCUT2D eigenvalue weighted by Crippen LogP contribution is -2.45. The van der Waals surface area contributed by atoms with Crippen LogP contribution in [0, 0.1) is 23.0 Å². The molecule has 0 aliphatic carbocycles. The molecule has 1 aromatic carbocycles. The van der Waals surface area contributed by atoms with Crippen LogP contribution in [0.4, 0.5) is 5.69 Å². The van der Waals surface area contributed by atoms with E-state index < -0.39 is 0 Å². The Hall–Kier alpha value is -1.46. The van der Waals surface area contributed by atoms with Gasteiger partial charge in [0.1, 0.15) is 0 Å². The number of hydrogen-bond donors (Lipinski definition) is 1. The van der Waals surface area contributed by atoms with E-state index in [0.29, 0.717) is 24.1 Å². The molecule has 1 aliphatic heterocycles. The highest BCUT2D eigenvalue weighted by molar-refractivity contribution is 5.43. The van der Waals surface area contributed by atoms with Crippen LogP contribution in [0.3, 0.4) is 0 Å². The van der Waals surface area contributed by atoms with E-state index in [2.05, 4.69) is 18.7 Å². The van der Waals surface area contributed by atoms with E-state index in [4.69, 9.17) is 5.73 Å². The van der Waals surface area contributed by atoms with Gasteiger partial charge in [0.2, 0.25) is 0 Å².